The highest BCUT2D eigenvalue weighted by Crippen LogP contribution is 2.32. The molecule has 0 atom stereocenters. The Morgan fingerprint density at radius 3 is 2.77 bits per heavy atom. The molecule has 108 valence electrons. The fourth-order valence-corrected chi connectivity index (χ4v) is 3.14. The average Bonchev–Trinajstić information content (AvgIpc) is 3.15. The molecule has 0 unspecified atom stereocenters. The highest BCUT2D eigenvalue weighted by atomic mass is 32.1. The smallest absolute Gasteiger partial charge is 0.105 e. The topological polar surface area (TPSA) is 55.6 Å². The van der Waals surface area contributed by atoms with Crippen LogP contribution in [0.4, 0.5) is 11.4 Å². The second-order valence-corrected chi connectivity index (χ2v) is 5.87. The van der Waals surface area contributed by atoms with E-state index in [4.69, 9.17) is 4.98 Å². The summed E-state index contributed by atoms with van der Waals surface area (Å²) in [6, 6.07) is 8.02. The maximum atomic E-state index is 4.79. The predicted molar refractivity (Wildman–Crippen MR) is 89.3 cm³/mol. The van der Waals surface area contributed by atoms with Crippen LogP contribution < -0.4 is 5.32 Å². The number of aromatic nitrogens is 4. The molecule has 0 amide bonds. The lowest BCUT2D eigenvalue weighted by Gasteiger charge is -2.04. The van der Waals surface area contributed by atoms with E-state index in [9.17, 15) is 0 Å². The fourth-order valence-electron chi connectivity index (χ4n) is 2.31. The molecule has 0 saturated carbocycles. The SMILES string of the molecule is Cn1cc(-c2ccc3scc(Nc4ccncc4)c3n2)cn1. The summed E-state index contributed by atoms with van der Waals surface area (Å²) in [5.41, 5.74) is 4.94. The fraction of sp³-hybridized carbons (Fsp3) is 0.0625. The Bertz CT molecular complexity index is 926. The number of nitrogens with zero attached hydrogens (tertiary/aromatic N) is 4. The molecule has 0 aliphatic rings. The number of aryl methyl sites for hydroxylation is 1. The third-order valence-corrected chi connectivity index (χ3v) is 4.31. The first kappa shape index (κ1) is 13.0. The molecule has 0 saturated heterocycles. The molecule has 4 heterocycles. The lowest BCUT2D eigenvalue weighted by molar-refractivity contribution is 0.768. The number of fused-ring (bicyclic) bond motifs is 1. The average molecular weight is 307 g/mol. The molecule has 0 bridgehead atoms. The summed E-state index contributed by atoms with van der Waals surface area (Å²) in [6.07, 6.45) is 7.34. The third kappa shape index (κ3) is 2.33. The zero-order valence-electron chi connectivity index (χ0n) is 11.9. The van der Waals surface area contributed by atoms with Crippen molar-refractivity contribution in [1.82, 2.24) is 19.7 Å². The van der Waals surface area contributed by atoms with Crippen LogP contribution in [0.25, 0.3) is 21.5 Å². The number of anilines is 2. The van der Waals surface area contributed by atoms with E-state index in [1.54, 1.807) is 28.4 Å². The van der Waals surface area contributed by atoms with Crippen LogP contribution in [0.15, 0.2) is 54.4 Å². The second kappa shape index (κ2) is 5.23. The molecule has 6 heteroatoms. The number of thiophene rings is 1. The van der Waals surface area contributed by atoms with Gasteiger partial charge in [-0.25, -0.2) is 4.98 Å². The zero-order chi connectivity index (χ0) is 14.9. The highest BCUT2D eigenvalue weighted by molar-refractivity contribution is 7.17. The molecule has 1 N–H and O–H groups in total. The van der Waals surface area contributed by atoms with Crippen LogP contribution in [0.3, 0.4) is 0 Å². The Balaban J connectivity index is 1.76. The van der Waals surface area contributed by atoms with E-state index in [2.05, 4.69) is 26.8 Å². The summed E-state index contributed by atoms with van der Waals surface area (Å²) >= 11 is 1.68. The van der Waals surface area contributed by atoms with Crippen molar-refractivity contribution in [2.75, 3.05) is 5.32 Å². The van der Waals surface area contributed by atoms with E-state index in [-0.39, 0.29) is 0 Å². The number of rotatable bonds is 3. The van der Waals surface area contributed by atoms with Crippen molar-refractivity contribution in [1.29, 1.82) is 0 Å². The second-order valence-electron chi connectivity index (χ2n) is 4.96. The Hall–Kier alpha value is -2.73. The Kier molecular flexibility index (Phi) is 3.08. The van der Waals surface area contributed by atoms with Gasteiger partial charge in [-0.3, -0.25) is 9.67 Å². The molecule has 5 nitrogen and oxygen atoms in total. The van der Waals surface area contributed by atoms with Crippen molar-refractivity contribution in [3.63, 3.8) is 0 Å². The van der Waals surface area contributed by atoms with Gasteiger partial charge in [-0.1, -0.05) is 0 Å². The summed E-state index contributed by atoms with van der Waals surface area (Å²) in [6.45, 7) is 0. The van der Waals surface area contributed by atoms with Crippen molar-refractivity contribution < 1.29 is 0 Å². The van der Waals surface area contributed by atoms with E-state index in [0.29, 0.717) is 0 Å². The van der Waals surface area contributed by atoms with E-state index >= 15 is 0 Å². The van der Waals surface area contributed by atoms with E-state index in [1.807, 2.05) is 37.6 Å². The number of hydrogen-bond acceptors (Lipinski definition) is 5. The van der Waals surface area contributed by atoms with Gasteiger partial charge in [0.15, 0.2) is 0 Å². The number of hydrogen-bond donors (Lipinski definition) is 1. The maximum absolute atomic E-state index is 4.79. The quantitative estimate of drug-likeness (QED) is 0.625. The van der Waals surface area contributed by atoms with Crippen molar-refractivity contribution in [3.05, 3.63) is 54.4 Å². The summed E-state index contributed by atoms with van der Waals surface area (Å²) in [5, 5.41) is 9.69. The standard InChI is InChI=1S/C16H13N5S/c1-21-9-11(8-18-21)13-2-3-15-16(20-13)14(10-22-15)19-12-4-6-17-7-5-12/h2-10H,1H3,(H,17,19). The number of pyridine rings is 2. The summed E-state index contributed by atoms with van der Waals surface area (Å²) in [4.78, 5) is 8.82. The predicted octanol–water partition coefficient (Wildman–Crippen LogP) is 3.84. The molecule has 0 aliphatic heterocycles. The van der Waals surface area contributed by atoms with Crippen LogP contribution in [0.1, 0.15) is 0 Å². The van der Waals surface area contributed by atoms with E-state index in [0.717, 1.165) is 32.8 Å². The van der Waals surface area contributed by atoms with Gasteiger partial charge in [0, 0.05) is 42.3 Å². The van der Waals surface area contributed by atoms with Gasteiger partial charge < -0.3 is 5.32 Å². The van der Waals surface area contributed by atoms with Crippen molar-refractivity contribution in [2.24, 2.45) is 7.05 Å². The van der Waals surface area contributed by atoms with Gasteiger partial charge in [-0.15, -0.1) is 11.3 Å². The van der Waals surface area contributed by atoms with Gasteiger partial charge in [0.05, 0.1) is 22.3 Å². The van der Waals surface area contributed by atoms with Crippen molar-refractivity contribution >= 4 is 32.9 Å². The van der Waals surface area contributed by atoms with Gasteiger partial charge in [0.2, 0.25) is 0 Å². The molecule has 0 radical (unpaired) electrons. The lowest BCUT2D eigenvalue weighted by atomic mass is 10.2. The van der Waals surface area contributed by atoms with Gasteiger partial charge in [0.25, 0.3) is 0 Å². The normalized spacial score (nSPS) is 11.0. The number of nitrogens with one attached hydrogen (secondary N) is 1. The van der Waals surface area contributed by atoms with Crippen LogP contribution in [-0.4, -0.2) is 19.7 Å². The van der Waals surface area contributed by atoms with Crippen molar-refractivity contribution in [3.8, 4) is 11.3 Å². The minimum Gasteiger partial charge on any atom is -0.353 e. The first-order valence-corrected chi connectivity index (χ1v) is 7.72. The minimum atomic E-state index is 0.928. The third-order valence-electron chi connectivity index (χ3n) is 3.38. The maximum Gasteiger partial charge on any atom is 0.105 e. The largest absolute Gasteiger partial charge is 0.353 e. The van der Waals surface area contributed by atoms with E-state index in [1.165, 1.54) is 0 Å². The Morgan fingerprint density at radius 2 is 2.00 bits per heavy atom. The van der Waals surface area contributed by atoms with Crippen LogP contribution in [0.2, 0.25) is 0 Å². The molecule has 4 rings (SSSR count). The molecule has 0 fully saturated rings. The van der Waals surface area contributed by atoms with Crippen LogP contribution >= 0.6 is 11.3 Å². The molecule has 4 aromatic heterocycles. The van der Waals surface area contributed by atoms with Gasteiger partial charge in [-0.2, -0.15) is 5.10 Å². The molecule has 22 heavy (non-hydrogen) atoms. The van der Waals surface area contributed by atoms with Crippen LogP contribution in [0, 0.1) is 0 Å². The Labute approximate surface area is 131 Å². The van der Waals surface area contributed by atoms with Gasteiger partial charge in [-0.05, 0) is 24.3 Å². The molecule has 4 aromatic rings. The van der Waals surface area contributed by atoms with Gasteiger partial charge >= 0.3 is 0 Å². The summed E-state index contributed by atoms with van der Waals surface area (Å²) in [5.74, 6) is 0. The van der Waals surface area contributed by atoms with Crippen molar-refractivity contribution in [2.45, 2.75) is 0 Å². The minimum absolute atomic E-state index is 0.928. The summed E-state index contributed by atoms with van der Waals surface area (Å²) in [7, 11) is 1.91. The molecule has 0 spiro atoms. The monoisotopic (exact) mass is 307 g/mol. The summed E-state index contributed by atoms with van der Waals surface area (Å²) < 4.78 is 2.94. The van der Waals surface area contributed by atoms with Crippen LogP contribution in [0.5, 0.6) is 0 Å². The molecular formula is C16H13N5S. The van der Waals surface area contributed by atoms with Gasteiger partial charge in [0.1, 0.15) is 5.52 Å². The van der Waals surface area contributed by atoms with E-state index < -0.39 is 0 Å². The molecule has 0 aromatic carbocycles. The van der Waals surface area contributed by atoms with Crippen LogP contribution in [-0.2, 0) is 7.05 Å². The first-order valence-electron chi connectivity index (χ1n) is 6.84. The highest BCUT2D eigenvalue weighted by Gasteiger charge is 2.09. The first-order chi connectivity index (χ1) is 10.8. The lowest BCUT2D eigenvalue weighted by Crippen LogP contribution is -1.90. The Morgan fingerprint density at radius 1 is 1.14 bits per heavy atom. The zero-order valence-corrected chi connectivity index (χ0v) is 12.7. The molecule has 0 aliphatic carbocycles. The molecular weight excluding hydrogens is 294 g/mol.